The maximum Gasteiger partial charge on any atom is 0.305 e. The van der Waals surface area contributed by atoms with Crippen LogP contribution in [0.3, 0.4) is 0 Å². The van der Waals surface area contributed by atoms with Crippen molar-refractivity contribution in [3.05, 3.63) is 0 Å². The van der Waals surface area contributed by atoms with Gasteiger partial charge < -0.3 is 18.9 Å². The number of methoxy groups -OCH3 is 2. The SMILES string of the molecule is COC(=O)CCC[C@@H]1O[C@H]1C#CCCCCCCCCCCCCCCCCCCCCCCCCC#C[C@H]1O[C@H]1CCCC(=O)OC. The van der Waals surface area contributed by atoms with Gasteiger partial charge in [0.15, 0.2) is 0 Å². The molecule has 2 fully saturated rings. The standard InChI is InChI=1S/C42H70O6/c1-45-41(43)35-29-33-39-37(47-39)31-27-25-23-21-19-17-15-13-11-9-7-5-3-4-6-8-10-12-14-16-18-20-22-24-26-28-32-38-40(48-38)34-30-36-42(44)46-2/h37-40H,3-26,29-30,33-36H2,1-2H3/t37-,38+,39-,40-/m0/s1. The molecular weight excluding hydrogens is 600 g/mol. The molecule has 4 atom stereocenters. The maximum atomic E-state index is 11.1. The number of epoxide rings is 2. The first-order valence-corrected chi connectivity index (χ1v) is 20.1. The van der Waals surface area contributed by atoms with Crippen molar-refractivity contribution >= 4 is 11.9 Å². The lowest BCUT2D eigenvalue weighted by atomic mass is 10.0. The van der Waals surface area contributed by atoms with E-state index in [9.17, 15) is 9.59 Å². The Bertz CT molecular complexity index is 863. The molecule has 0 aliphatic carbocycles. The van der Waals surface area contributed by atoms with Gasteiger partial charge in [0.2, 0.25) is 0 Å². The third kappa shape index (κ3) is 25.0. The fourth-order valence-electron chi connectivity index (χ4n) is 6.39. The largest absolute Gasteiger partial charge is 0.469 e. The lowest BCUT2D eigenvalue weighted by molar-refractivity contribution is -0.141. The van der Waals surface area contributed by atoms with Crippen molar-refractivity contribution in [3.8, 4) is 23.7 Å². The zero-order valence-electron chi connectivity index (χ0n) is 31.0. The van der Waals surface area contributed by atoms with Crippen LogP contribution in [0.4, 0.5) is 0 Å². The number of carbonyl (C=O) groups excluding carboxylic acids is 2. The Hall–Kier alpha value is -2.02. The molecule has 0 spiro atoms. The third-order valence-electron chi connectivity index (χ3n) is 9.70. The minimum Gasteiger partial charge on any atom is -0.469 e. The molecule has 274 valence electrons. The van der Waals surface area contributed by atoms with Gasteiger partial charge in [-0.2, -0.15) is 0 Å². The summed E-state index contributed by atoms with van der Waals surface area (Å²) >= 11 is 0. The summed E-state index contributed by atoms with van der Waals surface area (Å²) in [4.78, 5) is 22.3. The van der Waals surface area contributed by atoms with E-state index >= 15 is 0 Å². The van der Waals surface area contributed by atoms with Gasteiger partial charge in [-0.25, -0.2) is 0 Å². The highest BCUT2D eigenvalue weighted by atomic mass is 16.6. The van der Waals surface area contributed by atoms with Crippen molar-refractivity contribution < 1.29 is 28.5 Å². The van der Waals surface area contributed by atoms with Crippen molar-refractivity contribution in [2.75, 3.05) is 14.2 Å². The third-order valence-corrected chi connectivity index (χ3v) is 9.70. The maximum absolute atomic E-state index is 11.1. The van der Waals surface area contributed by atoms with Crippen molar-refractivity contribution in [2.45, 2.75) is 217 Å². The molecule has 0 amide bonds. The van der Waals surface area contributed by atoms with E-state index in [4.69, 9.17) is 9.47 Å². The quantitative estimate of drug-likeness (QED) is 0.0316. The van der Waals surface area contributed by atoms with Crippen molar-refractivity contribution in [3.63, 3.8) is 0 Å². The molecule has 0 N–H and O–H groups in total. The van der Waals surface area contributed by atoms with Crippen LogP contribution in [-0.4, -0.2) is 50.6 Å². The van der Waals surface area contributed by atoms with Gasteiger partial charge in [-0.1, -0.05) is 140 Å². The molecule has 0 saturated carbocycles. The van der Waals surface area contributed by atoms with Crippen LogP contribution in [0.15, 0.2) is 0 Å². The van der Waals surface area contributed by atoms with E-state index < -0.39 is 0 Å². The summed E-state index contributed by atoms with van der Waals surface area (Å²) in [6, 6.07) is 0. The van der Waals surface area contributed by atoms with Crippen LogP contribution in [0, 0.1) is 23.7 Å². The number of rotatable bonds is 31. The zero-order chi connectivity index (χ0) is 34.3. The lowest BCUT2D eigenvalue weighted by Gasteiger charge is -2.04. The molecule has 0 radical (unpaired) electrons. The van der Waals surface area contributed by atoms with E-state index in [1.165, 1.54) is 155 Å². The van der Waals surface area contributed by atoms with E-state index in [0.29, 0.717) is 12.8 Å². The topological polar surface area (TPSA) is 77.7 Å². The summed E-state index contributed by atoms with van der Waals surface area (Å²) in [7, 11) is 2.87. The van der Waals surface area contributed by atoms with Crippen LogP contribution >= 0.6 is 0 Å². The minimum atomic E-state index is -0.142. The van der Waals surface area contributed by atoms with Crippen molar-refractivity contribution in [1.29, 1.82) is 0 Å². The first-order valence-electron chi connectivity index (χ1n) is 20.1. The van der Waals surface area contributed by atoms with Crippen molar-refractivity contribution in [1.82, 2.24) is 0 Å². The van der Waals surface area contributed by atoms with Crippen LogP contribution in [0.1, 0.15) is 193 Å². The number of carbonyl (C=O) groups is 2. The van der Waals surface area contributed by atoms with Gasteiger partial charge in [0.05, 0.1) is 26.4 Å². The van der Waals surface area contributed by atoms with Gasteiger partial charge in [-0.3, -0.25) is 9.59 Å². The Balaban J connectivity index is 1.18. The molecule has 2 saturated heterocycles. The first-order chi connectivity index (χ1) is 23.6. The normalized spacial score (nSPS) is 19.1. The second-order valence-electron chi connectivity index (χ2n) is 14.0. The monoisotopic (exact) mass is 671 g/mol. The number of ether oxygens (including phenoxy) is 4. The summed E-state index contributed by atoms with van der Waals surface area (Å²) in [5.41, 5.74) is 0. The molecular formula is C42H70O6. The Morgan fingerprint density at radius 1 is 0.438 bits per heavy atom. The molecule has 0 aromatic rings. The summed E-state index contributed by atoms with van der Waals surface area (Å²) in [5, 5.41) is 0. The summed E-state index contributed by atoms with van der Waals surface area (Å²) in [5.74, 6) is 12.8. The van der Waals surface area contributed by atoms with Crippen LogP contribution in [0.25, 0.3) is 0 Å². The zero-order valence-corrected chi connectivity index (χ0v) is 31.0. The molecule has 0 aromatic heterocycles. The second kappa shape index (κ2) is 29.9. The highest BCUT2D eigenvalue weighted by Crippen LogP contribution is 2.27. The fourth-order valence-corrected chi connectivity index (χ4v) is 6.39. The van der Waals surface area contributed by atoms with Crippen LogP contribution in [0.5, 0.6) is 0 Å². The van der Waals surface area contributed by atoms with Crippen LogP contribution in [0.2, 0.25) is 0 Å². The molecule has 2 heterocycles. The average molecular weight is 671 g/mol. The van der Waals surface area contributed by atoms with Crippen molar-refractivity contribution in [2.24, 2.45) is 0 Å². The molecule has 48 heavy (non-hydrogen) atoms. The number of hydrogen-bond donors (Lipinski definition) is 0. The van der Waals surface area contributed by atoms with Gasteiger partial charge in [0.1, 0.15) is 12.2 Å². The van der Waals surface area contributed by atoms with E-state index in [-0.39, 0.29) is 36.4 Å². The summed E-state index contributed by atoms with van der Waals surface area (Å²) in [6.45, 7) is 0. The van der Waals surface area contributed by atoms with Gasteiger partial charge in [0.25, 0.3) is 0 Å². The highest BCUT2D eigenvalue weighted by molar-refractivity contribution is 5.69. The first kappa shape index (κ1) is 42.1. The Morgan fingerprint density at radius 3 is 0.979 bits per heavy atom. The van der Waals surface area contributed by atoms with Crippen LogP contribution < -0.4 is 0 Å². The fraction of sp³-hybridized carbons (Fsp3) is 0.857. The molecule has 0 bridgehead atoms. The van der Waals surface area contributed by atoms with E-state index in [0.717, 1.165) is 38.5 Å². The second-order valence-corrected chi connectivity index (χ2v) is 14.0. The molecule has 2 rings (SSSR count). The highest BCUT2D eigenvalue weighted by Gasteiger charge is 2.37. The average Bonchev–Trinajstić information content (AvgIpc) is 4.03. The molecule has 2 aliphatic rings. The Kier molecular flexibility index (Phi) is 26.2. The molecule has 0 aromatic carbocycles. The van der Waals surface area contributed by atoms with Gasteiger partial charge in [-0.15, -0.1) is 11.8 Å². The summed E-state index contributed by atoms with van der Waals surface area (Å²) in [6.07, 6.45) is 37.3. The minimum absolute atomic E-state index is 0.102. The number of unbranched alkanes of at least 4 members (excludes halogenated alkanes) is 23. The molecule has 6 heteroatoms. The number of hydrogen-bond acceptors (Lipinski definition) is 6. The molecule has 6 nitrogen and oxygen atoms in total. The van der Waals surface area contributed by atoms with E-state index in [1.807, 2.05) is 0 Å². The van der Waals surface area contributed by atoms with Gasteiger partial charge >= 0.3 is 11.9 Å². The molecule has 0 unspecified atom stereocenters. The Morgan fingerprint density at radius 2 is 0.708 bits per heavy atom. The van der Waals surface area contributed by atoms with Gasteiger partial charge in [0, 0.05) is 25.7 Å². The lowest BCUT2D eigenvalue weighted by Crippen LogP contribution is -2.01. The van der Waals surface area contributed by atoms with Crippen LogP contribution in [-0.2, 0) is 28.5 Å². The smallest absolute Gasteiger partial charge is 0.305 e. The predicted molar refractivity (Wildman–Crippen MR) is 195 cm³/mol. The summed E-state index contributed by atoms with van der Waals surface area (Å²) < 4.78 is 20.5. The van der Waals surface area contributed by atoms with E-state index in [1.54, 1.807) is 0 Å². The van der Waals surface area contributed by atoms with E-state index in [2.05, 4.69) is 33.2 Å². The van der Waals surface area contributed by atoms with Gasteiger partial charge in [-0.05, 0) is 38.5 Å². The molecule has 2 aliphatic heterocycles. The number of esters is 2. The Labute approximate surface area is 294 Å². The predicted octanol–water partition coefficient (Wildman–Crippen LogP) is 10.6.